The molecule has 0 aromatic heterocycles. The van der Waals surface area contributed by atoms with E-state index >= 15 is 0 Å². The lowest BCUT2D eigenvalue weighted by atomic mass is 10.1. The first-order valence-electron chi connectivity index (χ1n) is 3.76. The van der Waals surface area contributed by atoms with Crippen LogP contribution in [0.3, 0.4) is 0 Å². The summed E-state index contributed by atoms with van der Waals surface area (Å²) in [6, 6.07) is 5.86. The summed E-state index contributed by atoms with van der Waals surface area (Å²) in [5.41, 5.74) is 0.494. The third kappa shape index (κ3) is 1.82. The second kappa shape index (κ2) is 3.68. The Hall–Kier alpha value is -1.89. The molecule has 1 atom stereocenters. The van der Waals surface area contributed by atoms with E-state index in [1.165, 1.54) is 6.07 Å². The van der Waals surface area contributed by atoms with Gasteiger partial charge in [-0.2, -0.15) is 0 Å². The number of nitro groups is 1. The lowest BCUT2D eigenvalue weighted by Crippen LogP contribution is -1.96. The van der Waals surface area contributed by atoms with E-state index < -0.39 is 11.0 Å². The fourth-order valence-electron chi connectivity index (χ4n) is 1.08. The number of para-hydroxylation sites is 1. The van der Waals surface area contributed by atoms with Crippen LogP contribution in [0.4, 0.5) is 5.69 Å². The maximum atomic E-state index is 10.5. The van der Waals surface area contributed by atoms with Gasteiger partial charge in [-0.1, -0.05) is 12.1 Å². The number of benzene rings is 1. The van der Waals surface area contributed by atoms with Crippen LogP contribution in [0.5, 0.6) is 0 Å². The summed E-state index contributed by atoms with van der Waals surface area (Å²) >= 11 is 0. The second-order valence-electron chi connectivity index (χ2n) is 2.62. The molecule has 0 amide bonds. The quantitative estimate of drug-likeness (QED) is 0.395. The van der Waals surface area contributed by atoms with Crippen LogP contribution in [-0.2, 0) is 0 Å². The number of hydrogen-bond acceptors (Lipinski definition) is 2. The number of nitro benzene ring substituents is 1. The maximum Gasteiger partial charge on any atom is 0.280 e. The number of nitrogens with zero attached hydrogens (tertiary/aromatic N) is 2. The minimum Gasteiger partial charge on any atom is -0.309 e. The van der Waals surface area contributed by atoms with E-state index in [2.05, 4.69) is 4.85 Å². The van der Waals surface area contributed by atoms with Crippen LogP contribution in [0.15, 0.2) is 24.3 Å². The summed E-state index contributed by atoms with van der Waals surface area (Å²) < 4.78 is 0. The van der Waals surface area contributed by atoms with Gasteiger partial charge in [-0.25, -0.2) is 6.57 Å². The van der Waals surface area contributed by atoms with Gasteiger partial charge in [0, 0.05) is 13.0 Å². The minimum atomic E-state index is -0.461. The summed E-state index contributed by atoms with van der Waals surface area (Å²) in [5.74, 6) is 0. The Kier molecular flexibility index (Phi) is 2.60. The Morgan fingerprint density at radius 2 is 2.15 bits per heavy atom. The lowest BCUT2D eigenvalue weighted by Gasteiger charge is -1.99. The third-order valence-corrected chi connectivity index (χ3v) is 1.78. The van der Waals surface area contributed by atoms with Crippen molar-refractivity contribution < 1.29 is 4.92 Å². The van der Waals surface area contributed by atoms with Gasteiger partial charge in [0.2, 0.25) is 0 Å². The maximum absolute atomic E-state index is 10.5. The molecule has 0 aliphatic heterocycles. The largest absolute Gasteiger partial charge is 0.309 e. The van der Waals surface area contributed by atoms with Gasteiger partial charge >= 0.3 is 0 Å². The van der Waals surface area contributed by atoms with Crippen LogP contribution in [-0.4, -0.2) is 4.92 Å². The molecule has 0 N–H and O–H groups in total. The van der Waals surface area contributed by atoms with Crippen LogP contribution in [0.25, 0.3) is 4.85 Å². The second-order valence-corrected chi connectivity index (χ2v) is 2.62. The van der Waals surface area contributed by atoms with E-state index in [0.717, 1.165) is 0 Å². The molecule has 66 valence electrons. The van der Waals surface area contributed by atoms with E-state index in [4.69, 9.17) is 6.57 Å². The topological polar surface area (TPSA) is 47.5 Å². The summed E-state index contributed by atoms with van der Waals surface area (Å²) in [7, 11) is 0. The standard InChI is InChI=1S/C9H8N2O2/c1-7(10-2)8-5-3-4-6-9(8)11(12)13/h3-7H,1H3. The van der Waals surface area contributed by atoms with Crippen molar-refractivity contribution in [3.8, 4) is 0 Å². The monoisotopic (exact) mass is 176 g/mol. The Morgan fingerprint density at radius 3 is 2.69 bits per heavy atom. The van der Waals surface area contributed by atoms with Crippen molar-refractivity contribution in [3.63, 3.8) is 0 Å². The van der Waals surface area contributed by atoms with Gasteiger partial charge in [0.25, 0.3) is 11.7 Å². The predicted octanol–water partition coefficient (Wildman–Crippen LogP) is 2.58. The van der Waals surface area contributed by atoms with Crippen molar-refractivity contribution in [1.82, 2.24) is 0 Å². The zero-order valence-corrected chi connectivity index (χ0v) is 7.10. The molecule has 1 rings (SSSR count). The average molecular weight is 176 g/mol. The Labute approximate surface area is 75.8 Å². The average Bonchev–Trinajstić information content (AvgIpc) is 2.16. The Morgan fingerprint density at radius 1 is 1.54 bits per heavy atom. The van der Waals surface area contributed by atoms with Gasteiger partial charge < -0.3 is 4.85 Å². The molecule has 0 heterocycles. The molecule has 1 aromatic rings. The highest BCUT2D eigenvalue weighted by molar-refractivity contribution is 5.42. The normalized spacial score (nSPS) is 11.7. The van der Waals surface area contributed by atoms with Crippen LogP contribution in [0, 0.1) is 16.7 Å². The van der Waals surface area contributed by atoms with Gasteiger partial charge in [0.05, 0.1) is 4.92 Å². The van der Waals surface area contributed by atoms with Gasteiger partial charge in [0.15, 0.2) is 0 Å². The molecule has 0 spiro atoms. The van der Waals surface area contributed by atoms with Crippen LogP contribution < -0.4 is 0 Å². The summed E-state index contributed by atoms with van der Waals surface area (Å²) in [6.07, 6.45) is 0. The SMILES string of the molecule is [C-]#[N+]C(C)c1ccccc1[N+](=O)[O-]. The van der Waals surface area contributed by atoms with E-state index in [-0.39, 0.29) is 5.69 Å². The highest BCUT2D eigenvalue weighted by Crippen LogP contribution is 2.26. The Balaban J connectivity index is 3.21. The van der Waals surface area contributed by atoms with Gasteiger partial charge in [-0.3, -0.25) is 10.1 Å². The van der Waals surface area contributed by atoms with Crippen molar-refractivity contribution in [1.29, 1.82) is 0 Å². The Bertz CT molecular complexity index is 368. The van der Waals surface area contributed by atoms with E-state index in [1.54, 1.807) is 25.1 Å². The predicted molar refractivity (Wildman–Crippen MR) is 48.1 cm³/mol. The minimum absolute atomic E-state index is 0.0194. The van der Waals surface area contributed by atoms with Gasteiger partial charge in [0.1, 0.15) is 5.56 Å². The van der Waals surface area contributed by atoms with Gasteiger partial charge in [-0.15, -0.1) is 0 Å². The number of rotatable bonds is 2. The highest BCUT2D eigenvalue weighted by atomic mass is 16.6. The molecule has 0 radical (unpaired) electrons. The summed E-state index contributed by atoms with van der Waals surface area (Å²) in [4.78, 5) is 13.3. The fraction of sp³-hybridized carbons (Fsp3) is 0.222. The molecule has 0 saturated carbocycles. The summed E-state index contributed by atoms with van der Waals surface area (Å²) in [6.45, 7) is 8.43. The molecule has 0 fully saturated rings. The van der Waals surface area contributed by atoms with Crippen molar-refractivity contribution in [2.24, 2.45) is 0 Å². The first-order valence-corrected chi connectivity index (χ1v) is 3.76. The molecule has 0 bridgehead atoms. The molecule has 4 nitrogen and oxygen atoms in total. The van der Waals surface area contributed by atoms with Crippen molar-refractivity contribution in [3.05, 3.63) is 51.4 Å². The molecule has 1 unspecified atom stereocenters. The van der Waals surface area contributed by atoms with Crippen molar-refractivity contribution >= 4 is 5.69 Å². The van der Waals surface area contributed by atoms with Crippen molar-refractivity contribution in [2.45, 2.75) is 13.0 Å². The smallest absolute Gasteiger partial charge is 0.280 e. The fourth-order valence-corrected chi connectivity index (χ4v) is 1.08. The first-order chi connectivity index (χ1) is 6.16. The van der Waals surface area contributed by atoms with Crippen LogP contribution in [0.2, 0.25) is 0 Å². The van der Waals surface area contributed by atoms with Crippen LogP contribution in [0.1, 0.15) is 18.5 Å². The molecular formula is C9H8N2O2. The van der Waals surface area contributed by atoms with E-state index in [0.29, 0.717) is 5.56 Å². The zero-order chi connectivity index (χ0) is 9.84. The molecule has 0 aliphatic carbocycles. The van der Waals surface area contributed by atoms with Crippen LogP contribution >= 0.6 is 0 Å². The lowest BCUT2D eigenvalue weighted by molar-refractivity contribution is -0.385. The number of hydrogen-bond donors (Lipinski definition) is 0. The third-order valence-electron chi connectivity index (χ3n) is 1.78. The highest BCUT2D eigenvalue weighted by Gasteiger charge is 2.20. The molecule has 13 heavy (non-hydrogen) atoms. The molecule has 1 aromatic carbocycles. The molecular weight excluding hydrogens is 168 g/mol. The van der Waals surface area contributed by atoms with Gasteiger partial charge in [-0.05, 0) is 6.07 Å². The molecule has 4 heteroatoms. The molecule has 0 saturated heterocycles. The van der Waals surface area contributed by atoms with E-state index in [9.17, 15) is 10.1 Å². The zero-order valence-electron chi connectivity index (χ0n) is 7.10. The summed E-state index contributed by atoms with van der Waals surface area (Å²) in [5, 5.41) is 10.5. The first kappa shape index (κ1) is 9.20. The molecule has 0 aliphatic rings. The van der Waals surface area contributed by atoms with E-state index in [1.807, 2.05) is 0 Å². The van der Waals surface area contributed by atoms with Crippen molar-refractivity contribution in [2.75, 3.05) is 0 Å².